The number of fused-ring (bicyclic) bond motifs is 1. The third kappa shape index (κ3) is 2.44. The van der Waals surface area contributed by atoms with Crippen LogP contribution in [0.15, 0.2) is 24.3 Å². The fourth-order valence-electron chi connectivity index (χ4n) is 2.79. The smallest absolute Gasteiger partial charge is 0.338 e. The van der Waals surface area contributed by atoms with Crippen LogP contribution in [0.25, 0.3) is 0 Å². The normalized spacial score (nSPS) is 33.7. The highest BCUT2D eigenvalue weighted by Gasteiger charge is 2.55. The van der Waals surface area contributed by atoms with Gasteiger partial charge in [0.15, 0.2) is 12.1 Å². The van der Waals surface area contributed by atoms with E-state index in [0.717, 1.165) is 0 Å². The number of esters is 1. The molecule has 0 spiro atoms. The second kappa shape index (κ2) is 5.06. The summed E-state index contributed by atoms with van der Waals surface area (Å²) in [6.45, 7) is 3.53. The van der Waals surface area contributed by atoms with Crippen LogP contribution in [0.3, 0.4) is 0 Å². The van der Waals surface area contributed by atoms with Crippen molar-refractivity contribution in [3.8, 4) is 0 Å². The van der Waals surface area contributed by atoms with Crippen molar-refractivity contribution in [1.82, 2.24) is 0 Å². The molecule has 4 atom stereocenters. The fourth-order valence-corrected chi connectivity index (χ4v) is 2.79. The van der Waals surface area contributed by atoms with Gasteiger partial charge >= 0.3 is 5.97 Å². The average Bonchev–Trinajstić information content (AvgIpc) is 2.92. The number of methoxy groups -OCH3 is 1. The Bertz CT molecular complexity index is 555. The molecule has 0 radical (unpaired) electrons. The Morgan fingerprint density at radius 1 is 1.29 bits per heavy atom. The van der Waals surface area contributed by atoms with E-state index in [1.54, 1.807) is 38.1 Å². The van der Waals surface area contributed by atoms with Crippen LogP contribution >= 0.6 is 0 Å². The van der Waals surface area contributed by atoms with Crippen molar-refractivity contribution in [2.24, 2.45) is 0 Å². The maximum atomic E-state index is 11.8. The second-order valence-electron chi connectivity index (χ2n) is 5.59. The van der Waals surface area contributed by atoms with Crippen molar-refractivity contribution in [1.29, 1.82) is 0 Å². The average molecular weight is 294 g/mol. The first-order chi connectivity index (χ1) is 9.93. The third-order valence-electron chi connectivity index (χ3n) is 3.69. The predicted molar refractivity (Wildman–Crippen MR) is 71.4 cm³/mol. The Kier molecular flexibility index (Phi) is 3.49. The van der Waals surface area contributed by atoms with Gasteiger partial charge < -0.3 is 24.1 Å². The minimum absolute atomic E-state index is 0.364. The second-order valence-corrected chi connectivity index (χ2v) is 5.59. The number of benzene rings is 1. The molecule has 114 valence electrons. The maximum absolute atomic E-state index is 11.8. The lowest BCUT2D eigenvalue weighted by Gasteiger charge is -2.24. The summed E-state index contributed by atoms with van der Waals surface area (Å²) in [5.74, 6) is -1.26. The Labute approximate surface area is 122 Å². The first kappa shape index (κ1) is 14.5. The molecule has 0 aromatic heterocycles. The van der Waals surface area contributed by atoms with Gasteiger partial charge in [-0.15, -0.1) is 0 Å². The van der Waals surface area contributed by atoms with E-state index in [-0.39, 0.29) is 0 Å². The van der Waals surface area contributed by atoms with Gasteiger partial charge in [0.25, 0.3) is 0 Å². The molecular formula is C15H18O6. The van der Waals surface area contributed by atoms with Gasteiger partial charge in [0.05, 0.1) is 12.7 Å². The first-order valence-electron chi connectivity index (χ1n) is 6.79. The van der Waals surface area contributed by atoms with Gasteiger partial charge in [-0.25, -0.2) is 4.79 Å². The number of carbonyl (C=O) groups excluding carboxylic acids is 1. The van der Waals surface area contributed by atoms with Crippen LogP contribution in [-0.2, 0) is 18.9 Å². The zero-order valence-electron chi connectivity index (χ0n) is 12.1. The molecule has 21 heavy (non-hydrogen) atoms. The van der Waals surface area contributed by atoms with Crippen LogP contribution in [-0.4, -0.2) is 42.5 Å². The topological polar surface area (TPSA) is 74.2 Å². The molecule has 3 rings (SSSR count). The Morgan fingerprint density at radius 3 is 2.67 bits per heavy atom. The van der Waals surface area contributed by atoms with Gasteiger partial charge in [-0.2, -0.15) is 0 Å². The number of hydrogen-bond acceptors (Lipinski definition) is 6. The lowest BCUT2D eigenvalue weighted by molar-refractivity contribution is -0.216. The van der Waals surface area contributed by atoms with Gasteiger partial charge in [0.1, 0.15) is 18.3 Å². The lowest BCUT2D eigenvalue weighted by atomic mass is 9.98. The molecule has 2 aliphatic heterocycles. The summed E-state index contributed by atoms with van der Waals surface area (Å²) >= 11 is 0. The summed E-state index contributed by atoms with van der Waals surface area (Å²) < 4.78 is 21.8. The van der Waals surface area contributed by atoms with E-state index in [0.29, 0.717) is 11.1 Å². The SMILES string of the molecule is COC(=O)c1ccccc1[C@H]1O[C@@H]2OC(C)(C)O[C@@H]2[C@H]1O. The Morgan fingerprint density at radius 2 is 2.00 bits per heavy atom. The molecule has 0 bridgehead atoms. The lowest BCUT2D eigenvalue weighted by Crippen LogP contribution is -2.31. The molecule has 2 heterocycles. The molecule has 0 saturated carbocycles. The minimum Gasteiger partial charge on any atom is -0.465 e. The quantitative estimate of drug-likeness (QED) is 0.831. The zero-order valence-corrected chi connectivity index (χ0v) is 12.1. The molecule has 1 N–H and O–H groups in total. The van der Waals surface area contributed by atoms with Crippen LogP contribution in [0.1, 0.15) is 35.9 Å². The van der Waals surface area contributed by atoms with Crippen molar-refractivity contribution in [2.75, 3.05) is 7.11 Å². The number of rotatable bonds is 2. The summed E-state index contributed by atoms with van der Waals surface area (Å²) in [7, 11) is 1.31. The summed E-state index contributed by atoms with van der Waals surface area (Å²) in [4.78, 5) is 11.8. The molecular weight excluding hydrogens is 276 g/mol. The monoisotopic (exact) mass is 294 g/mol. The molecule has 0 aliphatic carbocycles. The van der Waals surface area contributed by atoms with Gasteiger partial charge in [-0.1, -0.05) is 18.2 Å². The van der Waals surface area contributed by atoms with Gasteiger partial charge in [0.2, 0.25) is 0 Å². The highest BCUT2D eigenvalue weighted by molar-refractivity contribution is 5.91. The van der Waals surface area contributed by atoms with E-state index in [1.807, 2.05) is 0 Å². The van der Waals surface area contributed by atoms with Gasteiger partial charge in [0, 0.05) is 0 Å². The predicted octanol–water partition coefficient (Wildman–Crippen LogP) is 1.38. The highest BCUT2D eigenvalue weighted by atomic mass is 16.8. The van der Waals surface area contributed by atoms with Crippen LogP contribution in [0.4, 0.5) is 0 Å². The van der Waals surface area contributed by atoms with Gasteiger partial charge in [-0.05, 0) is 25.5 Å². The number of aliphatic hydroxyl groups is 1. The van der Waals surface area contributed by atoms with Crippen molar-refractivity contribution < 1.29 is 28.8 Å². The number of hydrogen-bond donors (Lipinski definition) is 1. The first-order valence-corrected chi connectivity index (χ1v) is 6.79. The fraction of sp³-hybridized carbons (Fsp3) is 0.533. The molecule has 0 amide bonds. The van der Waals surface area contributed by atoms with E-state index in [1.165, 1.54) is 7.11 Å². The standard InChI is InChI=1S/C15H18O6/c1-15(2)20-12-10(16)11(19-14(12)21-15)8-6-4-5-7-9(8)13(17)18-3/h4-7,10-12,14,16H,1-3H3/t10-,11+,12+,14+/m0/s1. The minimum atomic E-state index is -0.914. The van der Waals surface area contributed by atoms with Crippen LogP contribution < -0.4 is 0 Å². The van der Waals surface area contributed by atoms with Crippen molar-refractivity contribution in [3.63, 3.8) is 0 Å². The van der Waals surface area contributed by atoms with E-state index >= 15 is 0 Å². The number of aliphatic hydroxyl groups excluding tert-OH is 1. The zero-order chi connectivity index (χ0) is 15.2. The number of carbonyl (C=O) groups is 1. The molecule has 6 nitrogen and oxygen atoms in total. The van der Waals surface area contributed by atoms with E-state index in [2.05, 4.69) is 0 Å². The van der Waals surface area contributed by atoms with E-state index < -0.39 is 36.4 Å². The van der Waals surface area contributed by atoms with Crippen molar-refractivity contribution in [2.45, 2.75) is 44.2 Å². The summed E-state index contributed by atoms with van der Waals surface area (Å²) in [6, 6.07) is 6.87. The molecule has 1 aromatic carbocycles. The molecule has 0 unspecified atom stereocenters. The number of ether oxygens (including phenoxy) is 4. The third-order valence-corrected chi connectivity index (χ3v) is 3.69. The summed E-state index contributed by atoms with van der Waals surface area (Å²) in [5, 5.41) is 10.4. The Balaban J connectivity index is 1.89. The summed E-state index contributed by atoms with van der Waals surface area (Å²) in [6.07, 6.45) is -2.82. The van der Waals surface area contributed by atoms with E-state index in [9.17, 15) is 9.90 Å². The molecule has 1 aromatic rings. The van der Waals surface area contributed by atoms with Crippen LogP contribution in [0.5, 0.6) is 0 Å². The largest absolute Gasteiger partial charge is 0.465 e. The van der Waals surface area contributed by atoms with Crippen molar-refractivity contribution >= 4 is 5.97 Å². The van der Waals surface area contributed by atoms with Crippen molar-refractivity contribution in [3.05, 3.63) is 35.4 Å². The highest BCUT2D eigenvalue weighted by Crippen LogP contribution is 2.43. The van der Waals surface area contributed by atoms with Crippen LogP contribution in [0.2, 0.25) is 0 Å². The van der Waals surface area contributed by atoms with Crippen LogP contribution in [0, 0.1) is 0 Å². The Hall–Kier alpha value is -1.47. The molecule has 2 saturated heterocycles. The molecule has 6 heteroatoms. The molecule has 2 aliphatic rings. The molecule has 2 fully saturated rings. The van der Waals surface area contributed by atoms with E-state index in [4.69, 9.17) is 18.9 Å². The van der Waals surface area contributed by atoms with Gasteiger partial charge in [-0.3, -0.25) is 0 Å². The maximum Gasteiger partial charge on any atom is 0.338 e. The summed E-state index contributed by atoms with van der Waals surface area (Å²) in [5.41, 5.74) is 0.930.